The van der Waals surface area contributed by atoms with Gasteiger partial charge in [0.1, 0.15) is 0 Å². The monoisotopic (exact) mass is 113 g/mol. The van der Waals surface area contributed by atoms with Gasteiger partial charge in [0.25, 0.3) is 0 Å². The standard InChI is InChI=1S/C6H10O2/c1-4(5(2)7)6(3)8/h7H,1-3H3/p-1/b5-4-. The van der Waals surface area contributed by atoms with Crippen LogP contribution in [0.5, 0.6) is 0 Å². The first-order chi connectivity index (χ1) is 3.55. The third-order valence-corrected chi connectivity index (χ3v) is 1.06. The highest BCUT2D eigenvalue weighted by atomic mass is 16.3. The number of hydrogen-bond donors (Lipinski definition) is 0. The molecule has 0 aromatic rings. The second kappa shape index (κ2) is 2.50. The smallest absolute Gasteiger partial charge is 0.154 e. The number of Topliss-reactive ketones (excluding diaryl/α,β-unsaturated/α-hetero) is 1. The average molecular weight is 113 g/mol. The van der Waals surface area contributed by atoms with Crippen LogP contribution in [0.1, 0.15) is 20.8 Å². The zero-order valence-electron chi connectivity index (χ0n) is 5.32. The molecule has 0 aromatic heterocycles. The molecule has 46 valence electrons. The minimum Gasteiger partial charge on any atom is -0.875 e. The van der Waals surface area contributed by atoms with Crippen molar-refractivity contribution in [1.82, 2.24) is 0 Å². The summed E-state index contributed by atoms with van der Waals surface area (Å²) in [6, 6.07) is 0. The van der Waals surface area contributed by atoms with Crippen LogP contribution in [0.3, 0.4) is 0 Å². The van der Waals surface area contributed by atoms with E-state index < -0.39 is 0 Å². The lowest BCUT2D eigenvalue weighted by Crippen LogP contribution is -2.06. The van der Waals surface area contributed by atoms with E-state index in [1.165, 1.54) is 20.8 Å². The predicted octanol–water partition coefficient (Wildman–Crippen LogP) is 0.230. The van der Waals surface area contributed by atoms with Crippen molar-refractivity contribution in [2.75, 3.05) is 0 Å². The summed E-state index contributed by atoms with van der Waals surface area (Å²) in [6.07, 6.45) is 0. The fraction of sp³-hybridized carbons (Fsp3) is 0.500. The molecule has 2 heteroatoms. The fourth-order valence-electron chi connectivity index (χ4n) is 0.248. The highest BCUT2D eigenvalue weighted by molar-refractivity contribution is 5.92. The molecule has 0 atom stereocenters. The number of rotatable bonds is 1. The van der Waals surface area contributed by atoms with Gasteiger partial charge in [0.05, 0.1) is 0 Å². The maximum absolute atomic E-state index is 10.3. The van der Waals surface area contributed by atoms with Crippen molar-refractivity contribution in [2.45, 2.75) is 20.8 Å². The summed E-state index contributed by atoms with van der Waals surface area (Å²) in [5.74, 6) is -0.282. The Morgan fingerprint density at radius 2 is 1.62 bits per heavy atom. The SMILES string of the molecule is CC(=O)/C(C)=C(/C)[O-]. The highest BCUT2D eigenvalue weighted by Crippen LogP contribution is 1.95. The van der Waals surface area contributed by atoms with E-state index in [0.717, 1.165) is 0 Å². The van der Waals surface area contributed by atoms with Crippen molar-refractivity contribution in [3.8, 4) is 0 Å². The van der Waals surface area contributed by atoms with Crippen LogP contribution >= 0.6 is 0 Å². The van der Waals surface area contributed by atoms with E-state index in [-0.39, 0.29) is 11.5 Å². The van der Waals surface area contributed by atoms with Crippen LogP contribution in [0.15, 0.2) is 11.3 Å². The van der Waals surface area contributed by atoms with Gasteiger partial charge in [-0.15, -0.1) is 5.76 Å². The molecular weight excluding hydrogens is 104 g/mol. The molecule has 0 N–H and O–H groups in total. The summed E-state index contributed by atoms with van der Waals surface area (Å²) in [5.41, 5.74) is 0.324. The fourth-order valence-corrected chi connectivity index (χ4v) is 0.248. The van der Waals surface area contributed by atoms with Gasteiger partial charge in [-0.05, 0) is 19.4 Å². The Hall–Kier alpha value is -0.790. The summed E-state index contributed by atoms with van der Waals surface area (Å²) in [7, 11) is 0. The average Bonchev–Trinajstić information content (AvgIpc) is 1.64. The number of allylic oxidation sites excluding steroid dienone is 2. The van der Waals surface area contributed by atoms with Crippen molar-refractivity contribution < 1.29 is 9.90 Å². The first kappa shape index (κ1) is 7.21. The maximum Gasteiger partial charge on any atom is 0.154 e. The van der Waals surface area contributed by atoms with E-state index in [0.29, 0.717) is 5.57 Å². The Morgan fingerprint density at radius 3 is 1.62 bits per heavy atom. The Kier molecular flexibility index (Phi) is 2.25. The molecule has 0 aliphatic carbocycles. The van der Waals surface area contributed by atoms with Crippen LogP contribution in [-0.4, -0.2) is 5.78 Å². The zero-order valence-corrected chi connectivity index (χ0v) is 5.32. The van der Waals surface area contributed by atoms with E-state index in [1.807, 2.05) is 0 Å². The summed E-state index contributed by atoms with van der Waals surface area (Å²) in [6.45, 7) is 4.30. The zero-order chi connectivity index (χ0) is 6.73. The molecule has 0 aliphatic heterocycles. The topological polar surface area (TPSA) is 40.1 Å². The molecule has 0 bridgehead atoms. The molecule has 0 saturated carbocycles. The van der Waals surface area contributed by atoms with Gasteiger partial charge in [0, 0.05) is 0 Å². The van der Waals surface area contributed by atoms with Gasteiger partial charge in [-0.25, -0.2) is 0 Å². The minimum atomic E-state index is -0.141. The van der Waals surface area contributed by atoms with Gasteiger partial charge in [-0.2, -0.15) is 0 Å². The summed E-state index contributed by atoms with van der Waals surface area (Å²) in [4.78, 5) is 10.3. The number of hydrogen-bond acceptors (Lipinski definition) is 2. The summed E-state index contributed by atoms with van der Waals surface area (Å²) < 4.78 is 0. The van der Waals surface area contributed by atoms with E-state index in [9.17, 15) is 9.90 Å². The second-order valence-electron chi connectivity index (χ2n) is 1.74. The van der Waals surface area contributed by atoms with Crippen molar-refractivity contribution in [1.29, 1.82) is 0 Å². The lowest BCUT2D eigenvalue weighted by Gasteiger charge is -2.06. The first-order valence-electron chi connectivity index (χ1n) is 2.41. The third kappa shape index (κ3) is 1.78. The van der Waals surface area contributed by atoms with Crippen molar-refractivity contribution in [3.05, 3.63) is 11.3 Å². The molecule has 0 spiro atoms. The molecule has 0 amide bonds. The quantitative estimate of drug-likeness (QED) is 0.360. The first-order valence-corrected chi connectivity index (χ1v) is 2.41. The van der Waals surface area contributed by atoms with Gasteiger partial charge in [0.2, 0.25) is 0 Å². The van der Waals surface area contributed by atoms with E-state index in [2.05, 4.69) is 0 Å². The lowest BCUT2D eigenvalue weighted by molar-refractivity contribution is -0.303. The molecular formula is C6H9O2-. The van der Waals surface area contributed by atoms with E-state index in [4.69, 9.17) is 0 Å². The molecule has 0 saturated heterocycles. The Morgan fingerprint density at radius 1 is 1.25 bits per heavy atom. The van der Waals surface area contributed by atoms with Crippen molar-refractivity contribution >= 4 is 5.78 Å². The van der Waals surface area contributed by atoms with Gasteiger partial charge < -0.3 is 5.11 Å². The van der Waals surface area contributed by atoms with Gasteiger partial charge in [-0.3, -0.25) is 4.79 Å². The largest absolute Gasteiger partial charge is 0.875 e. The van der Waals surface area contributed by atoms with E-state index >= 15 is 0 Å². The molecule has 0 fully saturated rings. The predicted molar refractivity (Wildman–Crippen MR) is 29.1 cm³/mol. The summed E-state index contributed by atoms with van der Waals surface area (Å²) in [5, 5.41) is 10.3. The normalized spacial score (nSPS) is 12.9. The van der Waals surface area contributed by atoms with Crippen molar-refractivity contribution in [3.63, 3.8) is 0 Å². The Balaban J connectivity index is 4.23. The van der Waals surface area contributed by atoms with Gasteiger partial charge >= 0.3 is 0 Å². The van der Waals surface area contributed by atoms with Crippen LogP contribution in [0, 0.1) is 0 Å². The lowest BCUT2D eigenvalue weighted by atomic mass is 10.2. The highest BCUT2D eigenvalue weighted by Gasteiger charge is 1.91. The molecule has 0 aliphatic rings. The number of ketones is 1. The third-order valence-electron chi connectivity index (χ3n) is 1.06. The Bertz CT molecular complexity index is 129. The maximum atomic E-state index is 10.3. The van der Waals surface area contributed by atoms with Crippen LogP contribution in [0.25, 0.3) is 0 Å². The van der Waals surface area contributed by atoms with Crippen LogP contribution in [-0.2, 0) is 4.79 Å². The number of carbonyl (C=O) groups is 1. The Labute approximate surface area is 48.8 Å². The van der Waals surface area contributed by atoms with Crippen molar-refractivity contribution in [2.24, 2.45) is 0 Å². The molecule has 0 radical (unpaired) electrons. The molecule has 8 heavy (non-hydrogen) atoms. The second-order valence-corrected chi connectivity index (χ2v) is 1.74. The summed E-state index contributed by atoms with van der Waals surface area (Å²) >= 11 is 0. The van der Waals surface area contributed by atoms with Crippen LogP contribution in [0.2, 0.25) is 0 Å². The molecule has 0 heterocycles. The van der Waals surface area contributed by atoms with Gasteiger partial charge in [0.15, 0.2) is 5.78 Å². The molecule has 0 aromatic carbocycles. The van der Waals surface area contributed by atoms with Crippen LogP contribution < -0.4 is 5.11 Å². The minimum absolute atomic E-state index is 0.141. The van der Waals surface area contributed by atoms with E-state index in [1.54, 1.807) is 0 Å². The van der Waals surface area contributed by atoms with Gasteiger partial charge in [-0.1, -0.05) is 6.92 Å². The molecule has 2 nitrogen and oxygen atoms in total. The number of carbonyl (C=O) groups excluding carboxylic acids is 1. The molecule has 0 unspecified atom stereocenters. The van der Waals surface area contributed by atoms with Crippen LogP contribution in [0.4, 0.5) is 0 Å². The molecule has 0 rings (SSSR count).